The van der Waals surface area contributed by atoms with Crippen molar-refractivity contribution in [3.05, 3.63) is 52.6 Å². The Balaban J connectivity index is 2.34. The van der Waals surface area contributed by atoms with Crippen LogP contribution in [0.1, 0.15) is 5.56 Å². The summed E-state index contributed by atoms with van der Waals surface area (Å²) >= 11 is 3.34. The molecular weight excluding hydrogens is 266 g/mol. The van der Waals surface area contributed by atoms with Crippen LogP contribution in [0.3, 0.4) is 0 Å². The van der Waals surface area contributed by atoms with Gasteiger partial charge in [0.25, 0.3) is 0 Å². The molecule has 1 aromatic carbocycles. The number of benzene rings is 1. The summed E-state index contributed by atoms with van der Waals surface area (Å²) in [4.78, 5) is 4.29. The van der Waals surface area contributed by atoms with Crippen LogP contribution in [0.2, 0.25) is 0 Å². The average molecular weight is 276 g/mol. The SMILES string of the molecule is N=C(N)c1ccc(-c2ccc(Br)cn2)cc1. The second kappa shape index (κ2) is 4.45. The minimum Gasteiger partial charge on any atom is -0.384 e. The molecule has 0 saturated heterocycles. The molecule has 2 aromatic rings. The Kier molecular flexibility index (Phi) is 3.01. The van der Waals surface area contributed by atoms with Gasteiger partial charge in [0.1, 0.15) is 5.84 Å². The first kappa shape index (κ1) is 10.8. The molecule has 80 valence electrons. The fourth-order valence-electron chi connectivity index (χ4n) is 1.37. The monoisotopic (exact) mass is 275 g/mol. The third kappa shape index (κ3) is 2.28. The van der Waals surface area contributed by atoms with E-state index in [2.05, 4.69) is 20.9 Å². The van der Waals surface area contributed by atoms with Crippen molar-refractivity contribution >= 4 is 21.8 Å². The van der Waals surface area contributed by atoms with Crippen molar-refractivity contribution in [2.75, 3.05) is 0 Å². The molecule has 0 radical (unpaired) electrons. The summed E-state index contributed by atoms with van der Waals surface area (Å²) in [7, 11) is 0. The number of pyridine rings is 1. The average Bonchev–Trinajstić information content (AvgIpc) is 2.30. The van der Waals surface area contributed by atoms with Crippen LogP contribution in [0.25, 0.3) is 11.3 Å². The highest BCUT2D eigenvalue weighted by Gasteiger charge is 2.00. The van der Waals surface area contributed by atoms with E-state index in [1.807, 2.05) is 36.4 Å². The highest BCUT2D eigenvalue weighted by Crippen LogP contribution is 2.19. The van der Waals surface area contributed by atoms with E-state index in [4.69, 9.17) is 11.1 Å². The number of amidine groups is 1. The van der Waals surface area contributed by atoms with E-state index in [1.165, 1.54) is 0 Å². The van der Waals surface area contributed by atoms with Crippen LogP contribution in [0, 0.1) is 5.41 Å². The molecule has 1 aromatic heterocycles. The molecule has 0 bridgehead atoms. The third-order valence-corrected chi connectivity index (χ3v) is 2.69. The lowest BCUT2D eigenvalue weighted by Crippen LogP contribution is -2.10. The topological polar surface area (TPSA) is 62.8 Å². The Morgan fingerprint density at radius 3 is 2.31 bits per heavy atom. The van der Waals surface area contributed by atoms with Crippen molar-refractivity contribution in [3.63, 3.8) is 0 Å². The van der Waals surface area contributed by atoms with Gasteiger partial charge in [-0.2, -0.15) is 0 Å². The van der Waals surface area contributed by atoms with Crippen LogP contribution in [-0.2, 0) is 0 Å². The summed E-state index contributed by atoms with van der Waals surface area (Å²) in [5.41, 5.74) is 8.02. The maximum atomic E-state index is 7.29. The van der Waals surface area contributed by atoms with Gasteiger partial charge in [0.15, 0.2) is 0 Å². The van der Waals surface area contributed by atoms with Crippen LogP contribution in [0.4, 0.5) is 0 Å². The predicted molar refractivity (Wildman–Crippen MR) is 68.4 cm³/mol. The zero-order valence-corrected chi connectivity index (χ0v) is 10.0. The second-order valence-corrected chi connectivity index (χ2v) is 4.27. The van der Waals surface area contributed by atoms with E-state index in [1.54, 1.807) is 6.20 Å². The number of hydrogen-bond acceptors (Lipinski definition) is 2. The first-order valence-corrected chi connectivity index (χ1v) is 5.52. The number of aromatic nitrogens is 1. The van der Waals surface area contributed by atoms with E-state index in [9.17, 15) is 0 Å². The normalized spacial score (nSPS) is 10.1. The smallest absolute Gasteiger partial charge is 0.122 e. The molecule has 0 atom stereocenters. The zero-order chi connectivity index (χ0) is 11.5. The van der Waals surface area contributed by atoms with Gasteiger partial charge >= 0.3 is 0 Å². The van der Waals surface area contributed by atoms with Crippen LogP contribution >= 0.6 is 15.9 Å². The van der Waals surface area contributed by atoms with Gasteiger partial charge in [0, 0.05) is 21.8 Å². The standard InChI is InChI=1S/C12H10BrN3/c13-10-5-6-11(16-7-10)8-1-3-9(4-2-8)12(14)15/h1-7H,(H3,14,15). The van der Waals surface area contributed by atoms with Crippen LogP contribution in [-0.4, -0.2) is 10.8 Å². The number of nitrogens with one attached hydrogen (secondary N) is 1. The molecule has 0 saturated carbocycles. The maximum absolute atomic E-state index is 7.29. The molecule has 0 aliphatic rings. The highest BCUT2D eigenvalue weighted by atomic mass is 79.9. The minimum absolute atomic E-state index is 0.0790. The lowest BCUT2D eigenvalue weighted by atomic mass is 10.1. The molecule has 0 unspecified atom stereocenters. The first-order valence-electron chi connectivity index (χ1n) is 4.73. The van der Waals surface area contributed by atoms with Gasteiger partial charge in [-0.3, -0.25) is 10.4 Å². The van der Waals surface area contributed by atoms with E-state index in [-0.39, 0.29) is 5.84 Å². The van der Waals surface area contributed by atoms with Crippen molar-refractivity contribution in [2.45, 2.75) is 0 Å². The number of rotatable bonds is 2. The van der Waals surface area contributed by atoms with E-state index < -0.39 is 0 Å². The molecule has 0 amide bonds. The number of halogens is 1. The molecule has 4 heteroatoms. The summed E-state index contributed by atoms with van der Waals surface area (Å²) in [5.74, 6) is 0.0790. The Labute approximate surface area is 102 Å². The van der Waals surface area contributed by atoms with E-state index in [0.29, 0.717) is 0 Å². The number of nitrogen functional groups attached to an aromatic ring is 1. The van der Waals surface area contributed by atoms with Crippen molar-refractivity contribution in [1.29, 1.82) is 5.41 Å². The number of nitrogens with two attached hydrogens (primary N) is 1. The molecule has 3 nitrogen and oxygen atoms in total. The van der Waals surface area contributed by atoms with E-state index in [0.717, 1.165) is 21.3 Å². The molecule has 0 aliphatic heterocycles. The van der Waals surface area contributed by atoms with Gasteiger partial charge < -0.3 is 5.73 Å². The molecular formula is C12H10BrN3. The lowest BCUT2D eigenvalue weighted by molar-refractivity contribution is 1.31. The molecule has 16 heavy (non-hydrogen) atoms. The van der Waals surface area contributed by atoms with Crippen molar-refractivity contribution in [2.24, 2.45) is 5.73 Å². The molecule has 0 fully saturated rings. The Morgan fingerprint density at radius 1 is 1.12 bits per heavy atom. The summed E-state index contributed by atoms with van der Waals surface area (Å²) in [5, 5.41) is 7.29. The van der Waals surface area contributed by atoms with Gasteiger partial charge in [-0.05, 0) is 28.1 Å². The van der Waals surface area contributed by atoms with E-state index >= 15 is 0 Å². The zero-order valence-electron chi connectivity index (χ0n) is 8.44. The van der Waals surface area contributed by atoms with Crippen molar-refractivity contribution in [3.8, 4) is 11.3 Å². The Bertz CT molecular complexity index is 503. The second-order valence-electron chi connectivity index (χ2n) is 3.35. The maximum Gasteiger partial charge on any atom is 0.122 e. The molecule has 1 heterocycles. The summed E-state index contributed by atoms with van der Waals surface area (Å²) in [6, 6.07) is 11.3. The lowest BCUT2D eigenvalue weighted by Gasteiger charge is -2.02. The Hall–Kier alpha value is -1.68. The molecule has 0 aliphatic carbocycles. The van der Waals surface area contributed by atoms with Gasteiger partial charge in [-0.25, -0.2) is 0 Å². The molecule has 0 spiro atoms. The first-order chi connectivity index (χ1) is 7.66. The summed E-state index contributed by atoms with van der Waals surface area (Å²) in [6.07, 6.45) is 1.76. The molecule has 2 rings (SSSR count). The van der Waals surface area contributed by atoms with Crippen LogP contribution < -0.4 is 5.73 Å². The van der Waals surface area contributed by atoms with Gasteiger partial charge in [-0.15, -0.1) is 0 Å². The minimum atomic E-state index is 0.0790. The molecule has 3 N–H and O–H groups in total. The summed E-state index contributed by atoms with van der Waals surface area (Å²) < 4.78 is 0.955. The fraction of sp³-hybridized carbons (Fsp3) is 0. The fourth-order valence-corrected chi connectivity index (χ4v) is 1.60. The van der Waals surface area contributed by atoms with Gasteiger partial charge in [0.2, 0.25) is 0 Å². The van der Waals surface area contributed by atoms with Crippen LogP contribution in [0.15, 0.2) is 47.1 Å². The van der Waals surface area contributed by atoms with Gasteiger partial charge in [-0.1, -0.05) is 24.3 Å². The van der Waals surface area contributed by atoms with Gasteiger partial charge in [0.05, 0.1) is 5.69 Å². The highest BCUT2D eigenvalue weighted by molar-refractivity contribution is 9.10. The third-order valence-electron chi connectivity index (χ3n) is 2.22. The number of hydrogen-bond donors (Lipinski definition) is 2. The van der Waals surface area contributed by atoms with Crippen molar-refractivity contribution in [1.82, 2.24) is 4.98 Å². The number of nitrogens with zero attached hydrogens (tertiary/aromatic N) is 1. The van der Waals surface area contributed by atoms with Crippen molar-refractivity contribution < 1.29 is 0 Å². The largest absolute Gasteiger partial charge is 0.384 e. The summed E-state index contributed by atoms with van der Waals surface area (Å²) in [6.45, 7) is 0. The quantitative estimate of drug-likeness (QED) is 0.654. The predicted octanol–water partition coefficient (Wildman–Crippen LogP) is 2.80. The van der Waals surface area contributed by atoms with Crippen LogP contribution in [0.5, 0.6) is 0 Å². The Morgan fingerprint density at radius 2 is 1.81 bits per heavy atom.